The van der Waals surface area contributed by atoms with Gasteiger partial charge in [-0.25, -0.2) is 9.59 Å². The smallest absolute Gasteiger partial charge is 0.412 e. The fraction of sp³-hybridized carbons (Fsp3) is 0.333. The Labute approximate surface area is 139 Å². The van der Waals surface area contributed by atoms with Crippen molar-refractivity contribution in [2.75, 3.05) is 0 Å². The van der Waals surface area contributed by atoms with Crippen LogP contribution in [0.4, 0.5) is 4.79 Å². The SMILES string of the molecule is N[C@H]1CC[C@H](NC(=O)Oc2c(C(=O)O)ccc3ccccc23)CC1. The molecule has 126 valence electrons. The van der Waals surface area contributed by atoms with Crippen LogP contribution < -0.4 is 15.8 Å². The summed E-state index contributed by atoms with van der Waals surface area (Å²) < 4.78 is 5.39. The number of nitrogens with one attached hydrogen (secondary N) is 1. The van der Waals surface area contributed by atoms with Crippen LogP contribution >= 0.6 is 0 Å². The highest BCUT2D eigenvalue weighted by Crippen LogP contribution is 2.30. The number of carboxylic acids is 1. The quantitative estimate of drug-likeness (QED) is 0.804. The molecular weight excluding hydrogens is 308 g/mol. The van der Waals surface area contributed by atoms with Crippen molar-refractivity contribution in [3.63, 3.8) is 0 Å². The Morgan fingerprint density at radius 3 is 2.50 bits per heavy atom. The molecule has 0 radical (unpaired) electrons. The van der Waals surface area contributed by atoms with Gasteiger partial charge in [0.25, 0.3) is 0 Å². The average Bonchev–Trinajstić information content (AvgIpc) is 2.57. The highest BCUT2D eigenvalue weighted by atomic mass is 16.6. The Bertz CT molecular complexity index is 767. The first-order valence-electron chi connectivity index (χ1n) is 8.03. The van der Waals surface area contributed by atoms with E-state index in [1.54, 1.807) is 18.2 Å². The fourth-order valence-corrected chi connectivity index (χ4v) is 3.07. The van der Waals surface area contributed by atoms with Crippen LogP contribution in [-0.2, 0) is 0 Å². The van der Waals surface area contributed by atoms with Gasteiger partial charge in [0, 0.05) is 17.5 Å². The summed E-state index contributed by atoms with van der Waals surface area (Å²) in [6.07, 6.45) is 2.70. The largest absolute Gasteiger partial charge is 0.478 e. The first kappa shape index (κ1) is 16.3. The lowest BCUT2D eigenvalue weighted by Crippen LogP contribution is -2.41. The Kier molecular flexibility index (Phi) is 4.66. The highest BCUT2D eigenvalue weighted by Gasteiger charge is 2.23. The molecule has 0 saturated heterocycles. The molecule has 1 saturated carbocycles. The molecule has 3 rings (SSSR count). The molecule has 2 aromatic rings. The van der Waals surface area contributed by atoms with Gasteiger partial charge in [-0.05, 0) is 37.1 Å². The average molecular weight is 328 g/mol. The summed E-state index contributed by atoms with van der Waals surface area (Å²) in [5, 5.41) is 13.6. The van der Waals surface area contributed by atoms with Gasteiger partial charge in [-0.3, -0.25) is 0 Å². The van der Waals surface area contributed by atoms with Crippen molar-refractivity contribution in [2.45, 2.75) is 37.8 Å². The van der Waals surface area contributed by atoms with E-state index < -0.39 is 12.1 Å². The second-order valence-corrected chi connectivity index (χ2v) is 6.11. The van der Waals surface area contributed by atoms with Gasteiger partial charge in [-0.15, -0.1) is 0 Å². The second-order valence-electron chi connectivity index (χ2n) is 6.11. The summed E-state index contributed by atoms with van der Waals surface area (Å²) in [6, 6.07) is 10.6. The monoisotopic (exact) mass is 328 g/mol. The van der Waals surface area contributed by atoms with Crippen molar-refractivity contribution in [1.29, 1.82) is 0 Å². The van der Waals surface area contributed by atoms with E-state index in [9.17, 15) is 14.7 Å². The molecule has 1 amide bonds. The maximum Gasteiger partial charge on any atom is 0.412 e. The lowest BCUT2D eigenvalue weighted by molar-refractivity contribution is 0.0694. The summed E-state index contributed by atoms with van der Waals surface area (Å²) >= 11 is 0. The zero-order valence-corrected chi connectivity index (χ0v) is 13.2. The number of benzene rings is 2. The highest BCUT2D eigenvalue weighted by molar-refractivity contribution is 6.01. The van der Waals surface area contributed by atoms with Crippen molar-refractivity contribution in [3.05, 3.63) is 42.0 Å². The number of aromatic carboxylic acids is 1. The van der Waals surface area contributed by atoms with Gasteiger partial charge in [-0.2, -0.15) is 0 Å². The molecule has 0 aromatic heterocycles. The van der Waals surface area contributed by atoms with E-state index in [0.29, 0.717) is 5.39 Å². The van der Waals surface area contributed by atoms with Crippen LogP contribution in [0.15, 0.2) is 36.4 Å². The second kappa shape index (κ2) is 6.88. The number of nitrogens with two attached hydrogens (primary N) is 1. The van der Waals surface area contributed by atoms with E-state index in [0.717, 1.165) is 31.1 Å². The van der Waals surface area contributed by atoms with E-state index in [-0.39, 0.29) is 23.4 Å². The van der Waals surface area contributed by atoms with Crippen LogP contribution in [0.2, 0.25) is 0 Å². The normalized spacial score (nSPS) is 20.5. The van der Waals surface area contributed by atoms with Crippen LogP contribution in [0.3, 0.4) is 0 Å². The molecule has 1 aliphatic carbocycles. The summed E-state index contributed by atoms with van der Waals surface area (Å²) in [7, 11) is 0. The minimum absolute atomic E-state index is 0.0144. The van der Waals surface area contributed by atoms with Crippen molar-refractivity contribution < 1.29 is 19.4 Å². The van der Waals surface area contributed by atoms with Crippen molar-refractivity contribution >= 4 is 22.8 Å². The Hall–Kier alpha value is -2.60. The first-order valence-corrected chi connectivity index (χ1v) is 8.03. The number of fused-ring (bicyclic) bond motifs is 1. The molecule has 0 spiro atoms. The van der Waals surface area contributed by atoms with E-state index in [1.165, 1.54) is 6.07 Å². The summed E-state index contributed by atoms with van der Waals surface area (Å²) in [5.74, 6) is -1.06. The molecule has 4 N–H and O–H groups in total. The third-order valence-electron chi connectivity index (χ3n) is 4.40. The number of amides is 1. The molecule has 24 heavy (non-hydrogen) atoms. The lowest BCUT2D eigenvalue weighted by atomic mass is 9.92. The van der Waals surface area contributed by atoms with Crippen LogP contribution in [-0.4, -0.2) is 29.3 Å². The Balaban J connectivity index is 1.81. The van der Waals surface area contributed by atoms with Crippen molar-refractivity contribution in [1.82, 2.24) is 5.32 Å². The maximum absolute atomic E-state index is 12.2. The molecule has 6 nitrogen and oxygen atoms in total. The predicted molar refractivity (Wildman–Crippen MR) is 90.3 cm³/mol. The van der Waals surface area contributed by atoms with Gasteiger partial charge in [0.15, 0.2) is 5.75 Å². The molecule has 0 bridgehead atoms. The van der Waals surface area contributed by atoms with Gasteiger partial charge in [0.05, 0.1) is 0 Å². The number of carbonyl (C=O) groups is 2. The first-order chi connectivity index (χ1) is 11.5. The predicted octanol–water partition coefficient (Wildman–Crippen LogP) is 2.90. The van der Waals surface area contributed by atoms with Gasteiger partial charge < -0.3 is 20.9 Å². The van der Waals surface area contributed by atoms with E-state index in [2.05, 4.69) is 5.32 Å². The minimum atomic E-state index is -1.13. The Morgan fingerprint density at radius 1 is 1.08 bits per heavy atom. The number of ether oxygens (including phenoxy) is 1. The van der Waals surface area contributed by atoms with Gasteiger partial charge >= 0.3 is 12.1 Å². The number of hydrogen-bond donors (Lipinski definition) is 3. The standard InChI is InChI=1S/C18H20N2O4/c19-12-6-8-13(9-7-12)20-18(23)24-16-14-4-2-1-3-11(14)5-10-15(16)17(21)22/h1-5,10,12-13H,6-9,19H2,(H,20,23)(H,21,22)/t12-,13-. The molecular formula is C18H20N2O4. The molecule has 0 aliphatic heterocycles. The number of carboxylic acid groups (broad SMARTS) is 1. The van der Waals surface area contributed by atoms with Gasteiger partial charge in [0.1, 0.15) is 5.56 Å². The van der Waals surface area contributed by atoms with Gasteiger partial charge in [0.2, 0.25) is 0 Å². The summed E-state index contributed by atoms with van der Waals surface area (Å²) in [6.45, 7) is 0. The van der Waals surface area contributed by atoms with E-state index in [4.69, 9.17) is 10.5 Å². The topological polar surface area (TPSA) is 102 Å². The fourth-order valence-electron chi connectivity index (χ4n) is 3.07. The van der Waals surface area contributed by atoms with E-state index in [1.807, 2.05) is 12.1 Å². The van der Waals surface area contributed by atoms with Crippen LogP contribution in [0, 0.1) is 0 Å². The molecule has 2 aromatic carbocycles. The maximum atomic E-state index is 12.2. The van der Waals surface area contributed by atoms with Crippen molar-refractivity contribution in [3.8, 4) is 5.75 Å². The summed E-state index contributed by atoms with van der Waals surface area (Å²) in [5.41, 5.74) is 5.82. The van der Waals surface area contributed by atoms with Gasteiger partial charge in [-0.1, -0.05) is 30.3 Å². The van der Waals surface area contributed by atoms with Crippen LogP contribution in [0.25, 0.3) is 10.8 Å². The summed E-state index contributed by atoms with van der Waals surface area (Å²) in [4.78, 5) is 23.7. The van der Waals surface area contributed by atoms with Crippen molar-refractivity contribution in [2.24, 2.45) is 5.73 Å². The molecule has 6 heteroatoms. The zero-order chi connectivity index (χ0) is 17.1. The Morgan fingerprint density at radius 2 is 1.79 bits per heavy atom. The third kappa shape index (κ3) is 3.49. The molecule has 0 atom stereocenters. The zero-order valence-electron chi connectivity index (χ0n) is 13.2. The third-order valence-corrected chi connectivity index (χ3v) is 4.40. The van der Waals surface area contributed by atoms with Crippen LogP contribution in [0.5, 0.6) is 5.75 Å². The molecule has 1 fully saturated rings. The number of carbonyl (C=O) groups excluding carboxylic acids is 1. The van der Waals surface area contributed by atoms with Crippen LogP contribution in [0.1, 0.15) is 36.0 Å². The molecule has 0 unspecified atom stereocenters. The number of hydrogen-bond acceptors (Lipinski definition) is 4. The number of rotatable bonds is 3. The molecule has 1 aliphatic rings. The van der Waals surface area contributed by atoms with E-state index >= 15 is 0 Å². The minimum Gasteiger partial charge on any atom is -0.478 e. The lowest BCUT2D eigenvalue weighted by Gasteiger charge is -2.26. The molecule has 0 heterocycles.